The first-order valence-corrected chi connectivity index (χ1v) is 7.03. The van der Waals surface area contributed by atoms with Crippen molar-refractivity contribution in [3.8, 4) is 0 Å². The molecule has 0 radical (unpaired) electrons. The summed E-state index contributed by atoms with van der Waals surface area (Å²) >= 11 is 5.99. The monoisotopic (exact) mass is 297 g/mol. The van der Waals surface area contributed by atoms with Crippen LogP contribution >= 0.6 is 11.6 Å². The molecule has 4 rings (SSSR count). The Morgan fingerprint density at radius 1 is 1.10 bits per heavy atom. The summed E-state index contributed by atoms with van der Waals surface area (Å²) in [4.78, 5) is 8.64. The first-order chi connectivity index (χ1) is 10.2. The fourth-order valence-electron chi connectivity index (χ4n) is 2.53. The van der Waals surface area contributed by atoms with Crippen molar-refractivity contribution in [2.45, 2.75) is 12.8 Å². The normalized spacial score (nSPS) is 13.0. The first kappa shape index (κ1) is 12.3. The molecule has 0 aliphatic carbocycles. The average molecular weight is 298 g/mol. The third-order valence-corrected chi connectivity index (χ3v) is 3.91. The van der Waals surface area contributed by atoms with E-state index < -0.39 is 0 Å². The van der Waals surface area contributed by atoms with E-state index in [9.17, 15) is 0 Å². The van der Waals surface area contributed by atoms with Gasteiger partial charge in [0.05, 0.1) is 11.9 Å². The van der Waals surface area contributed by atoms with Gasteiger partial charge in [-0.2, -0.15) is 5.10 Å². The molecule has 0 aromatic carbocycles. The molecule has 0 aliphatic rings. The van der Waals surface area contributed by atoms with Crippen molar-refractivity contribution in [3.05, 3.63) is 65.5 Å². The van der Waals surface area contributed by atoms with Gasteiger partial charge in [-0.3, -0.25) is 0 Å². The molecule has 0 spiro atoms. The predicted molar refractivity (Wildman–Crippen MR) is 80.7 cm³/mol. The largest absolute Gasteiger partial charge is 0.307 e. The number of fused-ring (bicyclic) bond motifs is 2. The van der Waals surface area contributed by atoms with Crippen LogP contribution in [-0.2, 0) is 0 Å². The Balaban J connectivity index is 1.84. The van der Waals surface area contributed by atoms with Gasteiger partial charge in [-0.25, -0.2) is 14.5 Å². The Labute approximate surface area is 125 Å². The SMILES string of the molecule is CC(c1ccc2nccn2c1)c1cnc2ccc(Cl)nn12. The summed E-state index contributed by atoms with van der Waals surface area (Å²) in [6.45, 7) is 2.13. The second-order valence-electron chi connectivity index (χ2n) is 4.99. The van der Waals surface area contributed by atoms with Crippen LogP contribution in [0.25, 0.3) is 11.3 Å². The van der Waals surface area contributed by atoms with E-state index in [1.165, 1.54) is 5.56 Å². The zero-order valence-electron chi connectivity index (χ0n) is 11.3. The van der Waals surface area contributed by atoms with Gasteiger partial charge in [0.2, 0.25) is 0 Å². The molecular weight excluding hydrogens is 286 g/mol. The van der Waals surface area contributed by atoms with Gasteiger partial charge in [-0.1, -0.05) is 24.6 Å². The number of pyridine rings is 1. The van der Waals surface area contributed by atoms with Crippen LogP contribution in [0.1, 0.15) is 24.1 Å². The summed E-state index contributed by atoms with van der Waals surface area (Å²) in [5.41, 5.74) is 3.91. The molecule has 0 saturated heterocycles. The van der Waals surface area contributed by atoms with Crippen LogP contribution in [0.15, 0.2) is 49.1 Å². The summed E-state index contributed by atoms with van der Waals surface area (Å²) in [6, 6.07) is 7.70. The molecule has 0 aliphatic heterocycles. The molecule has 21 heavy (non-hydrogen) atoms. The minimum Gasteiger partial charge on any atom is -0.307 e. The van der Waals surface area contributed by atoms with Crippen LogP contribution in [0, 0.1) is 0 Å². The minimum absolute atomic E-state index is 0.151. The lowest BCUT2D eigenvalue weighted by atomic mass is 10.0. The molecule has 4 heterocycles. The summed E-state index contributed by atoms with van der Waals surface area (Å²) in [5, 5.41) is 4.79. The highest BCUT2D eigenvalue weighted by Gasteiger charge is 2.15. The van der Waals surface area contributed by atoms with E-state index in [1.54, 1.807) is 16.8 Å². The lowest BCUT2D eigenvalue weighted by Gasteiger charge is -2.11. The Bertz CT molecular complexity index is 939. The second-order valence-corrected chi connectivity index (χ2v) is 5.37. The summed E-state index contributed by atoms with van der Waals surface area (Å²) in [6.07, 6.45) is 7.66. The lowest BCUT2D eigenvalue weighted by Crippen LogP contribution is -2.04. The number of hydrogen-bond acceptors (Lipinski definition) is 3. The van der Waals surface area contributed by atoms with Crippen LogP contribution < -0.4 is 0 Å². The van der Waals surface area contributed by atoms with Crippen LogP contribution in [0.3, 0.4) is 0 Å². The molecule has 0 amide bonds. The van der Waals surface area contributed by atoms with Crippen LogP contribution in [0.2, 0.25) is 5.15 Å². The van der Waals surface area contributed by atoms with Crippen molar-refractivity contribution in [1.29, 1.82) is 0 Å². The van der Waals surface area contributed by atoms with E-state index in [-0.39, 0.29) is 5.92 Å². The first-order valence-electron chi connectivity index (χ1n) is 6.65. The Morgan fingerprint density at radius 2 is 1.95 bits per heavy atom. The number of nitrogens with zero attached hydrogens (tertiary/aromatic N) is 5. The summed E-state index contributed by atoms with van der Waals surface area (Å²) in [5.74, 6) is 0.151. The van der Waals surface area contributed by atoms with E-state index in [4.69, 9.17) is 11.6 Å². The molecule has 0 fully saturated rings. The number of halogens is 1. The highest BCUT2D eigenvalue weighted by molar-refractivity contribution is 6.29. The van der Waals surface area contributed by atoms with E-state index in [1.807, 2.05) is 28.9 Å². The van der Waals surface area contributed by atoms with Crippen molar-refractivity contribution < 1.29 is 0 Å². The van der Waals surface area contributed by atoms with Gasteiger partial charge >= 0.3 is 0 Å². The summed E-state index contributed by atoms with van der Waals surface area (Å²) in [7, 11) is 0. The highest BCUT2D eigenvalue weighted by Crippen LogP contribution is 2.25. The van der Waals surface area contributed by atoms with Crippen molar-refractivity contribution in [2.75, 3.05) is 0 Å². The van der Waals surface area contributed by atoms with E-state index in [2.05, 4.69) is 34.3 Å². The topological polar surface area (TPSA) is 47.5 Å². The quantitative estimate of drug-likeness (QED) is 0.571. The van der Waals surface area contributed by atoms with Crippen LogP contribution in [0.5, 0.6) is 0 Å². The maximum absolute atomic E-state index is 5.99. The average Bonchev–Trinajstić information content (AvgIpc) is 3.11. The van der Waals surface area contributed by atoms with Crippen molar-refractivity contribution in [3.63, 3.8) is 0 Å². The lowest BCUT2D eigenvalue weighted by molar-refractivity contribution is 0.785. The van der Waals surface area contributed by atoms with Gasteiger partial charge < -0.3 is 4.40 Å². The molecule has 1 atom stereocenters. The molecule has 0 saturated carbocycles. The second kappa shape index (κ2) is 4.56. The maximum atomic E-state index is 5.99. The number of hydrogen-bond donors (Lipinski definition) is 0. The highest BCUT2D eigenvalue weighted by atomic mass is 35.5. The predicted octanol–water partition coefficient (Wildman–Crippen LogP) is 3.18. The molecule has 1 unspecified atom stereocenters. The van der Waals surface area contributed by atoms with Crippen molar-refractivity contribution in [1.82, 2.24) is 24.0 Å². The van der Waals surface area contributed by atoms with Gasteiger partial charge in [0.25, 0.3) is 0 Å². The standard InChI is InChI=1S/C15H12ClN5/c1-10(11-2-4-14-17-6-7-20(14)9-11)12-8-18-15-5-3-13(16)19-21(12)15/h2-10H,1H3. The third-order valence-electron chi connectivity index (χ3n) is 3.71. The van der Waals surface area contributed by atoms with Crippen LogP contribution in [0.4, 0.5) is 0 Å². The number of rotatable bonds is 2. The van der Waals surface area contributed by atoms with Gasteiger partial charge in [-0.05, 0) is 23.8 Å². The minimum atomic E-state index is 0.151. The Kier molecular flexibility index (Phi) is 2.68. The molecule has 5 nitrogen and oxygen atoms in total. The zero-order valence-corrected chi connectivity index (χ0v) is 12.1. The molecule has 4 aromatic rings. The molecule has 104 valence electrons. The number of imidazole rings is 2. The zero-order chi connectivity index (χ0) is 14.4. The van der Waals surface area contributed by atoms with Crippen LogP contribution in [-0.4, -0.2) is 24.0 Å². The summed E-state index contributed by atoms with van der Waals surface area (Å²) < 4.78 is 3.81. The number of aromatic nitrogens is 5. The fourth-order valence-corrected chi connectivity index (χ4v) is 2.67. The van der Waals surface area contributed by atoms with Gasteiger partial charge in [0.1, 0.15) is 10.8 Å². The Morgan fingerprint density at radius 3 is 2.86 bits per heavy atom. The molecule has 0 bridgehead atoms. The fraction of sp³-hybridized carbons (Fsp3) is 0.133. The van der Waals surface area contributed by atoms with E-state index in [0.29, 0.717) is 5.15 Å². The molecule has 0 N–H and O–H groups in total. The van der Waals surface area contributed by atoms with Crippen molar-refractivity contribution in [2.24, 2.45) is 0 Å². The van der Waals surface area contributed by atoms with Crippen molar-refractivity contribution >= 4 is 22.9 Å². The molecule has 4 aromatic heterocycles. The molecule has 6 heteroatoms. The van der Waals surface area contributed by atoms with Gasteiger partial charge in [0, 0.05) is 24.5 Å². The van der Waals surface area contributed by atoms with Gasteiger partial charge in [0.15, 0.2) is 5.65 Å². The maximum Gasteiger partial charge on any atom is 0.153 e. The van der Waals surface area contributed by atoms with E-state index in [0.717, 1.165) is 17.0 Å². The van der Waals surface area contributed by atoms with E-state index >= 15 is 0 Å². The third kappa shape index (κ3) is 1.97. The molecular formula is C15H12ClN5. The smallest absolute Gasteiger partial charge is 0.153 e. The Hall–Kier alpha value is -2.40. The van der Waals surface area contributed by atoms with Gasteiger partial charge in [-0.15, -0.1) is 0 Å².